The van der Waals surface area contributed by atoms with Crippen LogP contribution >= 0.6 is 0 Å². The van der Waals surface area contributed by atoms with Crippen LogP contribution in [0.3, 0.4) is 0 Å². The summed E-state index contributed by atoms with van der Waals surface area (Å²) in [6, 6.07) is 21.3. The van der Waals surface area contributed by atoms with Crippen molar-refractivity contribution in [2.24, 2.45) is 0 Å². The lowest BCUT2D eigenvalue weighted by molar-refractivity contribution is 0.0819. The van der Waals surface area contributed by atoms with E-state index >= 15 is 0 Å². The summed E-state index contributed by atoms with van der Waals surface area (Å²) >= 11 is 0. The highest BCUT2D eigenvalue weighted by molar-refractivity contribution is 5.15. The second-order valence-electron chi connectivity index (χ2n) is 6.32. The van der Waals surface area contributed by atoms with Gasteiger partial charge < -0.3 is 4.74 Å². The van der Waals surface area contributed by atoms with Crippen LogP contribution in [0.1, 0.15) is 25.0 Å². The maximum atomic E-state index is 5.89. The minimum atomic E-state index is 0.795. The van der Waals surface area contributed by atoms with Gasteiger partial charge in [-0.2, -0.15) is 0 Å². The van der Waals surface area contributed by atoms with Gasteiger partial charge in [0.05, 0.1) is 13.2 Å². The molecule has 25 heavy (non-hydrogen) atoms. The van der Waals surface area contributed by atoms with Crippen LogP contribution < -0.4 is 0 Å². The molecule has 3 nitrogen and oxygen atoms in total. The van der Waals surface area contributed by atoms with Crippen LogP contribution in [0.2, 0.25) is 0 Å². The normalized spacial score (nSPS) is 11.4. The van der Waals surface area contributed by atoms with Crippen LogP contribution in [0.15, 0.2) is 60.7 Å². The minimum Gasteiger partial charge on any atom is -0.379 e. The number of hydrogen-bond acceptors (Lipinski definition) is 3. The summed E-state index contributed by atoms with van der Waals surface area (Å²) < 4.78 is 5.89. The van der Waals surface area contributed by atoms with E-state index in [9.17, 15) is 0 Å². The largest absolute Gasteiger partial charge is 0.379 e. The molecule has 3 heteroatoms. The number of benzene rings is 2. The van der Waals surface area contributed by atoms with Gasteiger partial charge in [-0.1, -0.05) is 74.5 Å². The molecule has 0 heterocycles. The van der Waals surface area contributed by atoms with Gasteiger partial charge in [0.25, 0.3) is 0 Å². The Morgan fingerprint density at radius 2 is 1.04 bits per heavy atom. The van der Waals surface area contributed by atoms with Gasteiger partial charge in [-0.05, 0) is 24.2 Å². The molecule has 0 radical (unpaired) electrons. The van der Waals surface area contributed by atoms with E-state index in [1.165, 1.54) is 11.1 Å². The lowest BCUT2D eigenvalue weighted by Crippen LogP contribution is -2.30. The first-order chi connectivity index (χ1) is 12.3. The van der Waals surface area contributed by atoms with E-state index in [1.54, 1.807) is 0 Å². The van der Waals surface area contributed by atoms with Crippen molar-refractivity contribution in [3.63, 3.8) is 0 Å². The fourth-order valence-electron chi connectivity index (χ4n) is 2.87. The summed E-state index contributed by atoms with van der Waals surface area (Å²) in [7, 11) is 0. The quantitative estimate of drug-likeness (QED) is 0.542. The van der Waals surface area contributed by atoms with Crippen molar-refractivity contribution in [2.75, 3.05) is 39.4 Å². The summed E-state index contributed by atoms with van der Waals surface area (Å²) in [6.45, 7) is 12.1. The Morgan fingerprint density at radius 1 is 0.640 bits per heavy atom. The molecular weight excluding hydrogens is 308 g/mol. The molecule has 0 unspecified atom stereocenters. The molecule has 136 valence electrons. The van der Waals surface area contributed by atoms with Crippen molar-refractivity contribution < 1.29 is 4.74 Å². The highest BCUT2D eigenvalue weighted by Crippen LogP contribution is 2.05. The van der Waals surface area contributed by atoms with Crippen molar-refractivity contribution in [2.45, 2.75) is 26.9 Å². The van der Waals surface area contributed by atoms with Crippen LogP contribution in [-0.4, -0.2) is 49.2 Å². The van der Waals surface area contributed by atoms with E-state index in [0.717, 1.165) is 52.5 Å². The van der Waals surface area contributed by atoms with Gasteiger partial charge in [0.1, 0.15) is 0 Å². The molecular formula is C22H32N2O. The molecule has 0 spiro atoms. The van der Waals surface area contributed by atoms with E-state index in [2.05, 4.69) is 84.3 Å². The van der Waals surface area contributed by atoms with Gasteiger partial charge in [0.2, 0.25) is 0 Å². The van der Waals surface area contributed by atoms with Crippen molar-refractivity contribution in [3.8, 4) is 0 Å². The van der Waals surface area contributed by atoms with E-state index in [-0.39, 0.29) is 0 Å². The Morgan fingerprint density at radius 3 is 1.40 bits per heavy atom. The predicted molar refractivity (Wildman–Crippen MR) is 106 cm³/mol. The molecule has 2 rings (SSSR count). The molecule has 0 aliphatic rings. The van der Waals surface area contributed by atoms with Gasteiger partial charge in [-0.25, -0.2) is 0 Å². The van der Waals surface area contributed by atoms with Crippen molar-refractivity contribution in [1.29, 1.82) is 0 Å². The molecule has 2 aromatic rings. The fourth-order valence-corrected chi connectivity index (χ4v) is 2.87. The molecule has 0 aromatic heterocycles. The minimum absolute atomic E-state index is 0.795. The lowest BCUT2D eigenvalue weighted by Gasteiger charge is -2.22. The first-order valence-electron chi connectivity index (χ1n) is 9.42. The highest BCUT2D eigenvalue weighted by Gasteiger charge is 2.05. The van der Waals surface area contributed by atoms with Gasteiger partial charge in [-0.3, -0.25) is 9.80 Å². The number of nitrogens with zero attached hydrogens (tertiary/aromatic N) is 2. The van der Waals surface area contributed by atoms with E-state index in [0.29, 0.717) is 0 Å². The maximum Gasteiger partial charge on any atom is 0.0594 e. The van der Waals surface area contributed by atoms with Crippen LogP contribution in [0.5, 0.6) is 0 Å². The van der Waals surface area contributed by atoms with Crippen LogP contribution in [0.4, 0.5) is 0 Å². The molecule has 2 aromatic carbocycles. The zero-order valence-electron chi connectivity index (χ0n) is 15.7. The molecule has 0 saturated heterocycles. The van der Waals surface area contributed by atoms with E-state index in [1.807, 2.05) is 0 Å². The highest BCUT2D eigenvalue weighted by atomic mass is 16.5. The number of ether oxygens (including phenoxy) is 1. The maximum absolute atomic E-state index is 5.89. The molecule has 0 aliphatic heterocycles. The molecule has 0 bridgehead atoms. The van der Waals surface area contributed by atoms with Gasteiger partial charge in [0.15, 0.2) is 0 Å². The first-order valence-corrected chi connectivity index (χ1v) is 9.42. The van der Waals surface area contributed by atoms with Crippen LogP contribution in [0.25, 0.3) is 0 Å². The Hall–Kier alpha value is -1.68. The third kappa shape index (κ3) is 7.82. The molecule has 0 fully saturated rings. The third-order valence-electron chi connectivity index (χ3n) is 4.50. The molecule has 0 N–H and O–H groups in total. The summed E-state index contributed by atoms with van der Waals surface area (Å²) in [5.74, 6) is 0. The van der Waals surface area contributed by atoms with Gasteiger partial charge in [-0.15, -0.1) is 0 Å². The fraction of sp³-hybridized carbons (Fsp3) is 0.455. The summed E-state index contributed by atoms with van der Waals surface area (Å²) in [4.78, 5) is 4.85. The van der Waals surface area contributed by atoms with Gasteiger partial charge in [0, 0.05) is 26.2 Å². The van der Waals surface area contributed by atoms with Gasteiger partial charge >= 0.3 is 0 Å². The zero-order valence-corrected chi connectivity index (χ0v) is 15.7. The molecule has 0 saturated carbocycles. The average Bonchev–Trinajstić information content (AvgIpc) is 2.67. The first kappa shape index (κ1) is 19.6. The zero-order chi connectivity index (χ0) is 17.7. The lowest BCUT2D eigenvalue weighted by atomic mass is 10.2. The van der Waals surface area contributed by atoms with Crippen molar-refractivity contribution in [1.82, 2.24) is 9.80 Å². The number of rotatable bonds is 12. The molecule has 0 aliphatic carbocycles. The monoisotopic (exact) mass is 340 g/mol. The standard InChI is InChI=1S/C22H32N2O/c1-3-23(19-21-11-7-5-8-12-21)15-17-25-18-16-24(4-2)20-22-13-9-6-10-14-22/h5-14H,3-4,15-20H2,1-2H3. The van der Waals surface area contributed by atoms with E-state index in [4.69, 9.17) is 4.74 Å². The number of likely N-dealkylation sites (N-methyl/N-ethyl adjacent to an activating group) is 2. The SMILES string of the molecule is CCN(CCOCCN(CC)Cc1ccccc1)Cc1ccccc1. The van der Waals surface area contributed by atoms with Crippen LogP contribution in [-0.2, 0) is 17.8 Å². The summed E-state index contributed by atoms with van der Waals surface area (Å²) in [6.07, 6.45) is 0. The van der Waals surface area contributed by atoms with Crippen molar-refractivity contribution in [3.05, 3.63) is 71.8 Å². The van der Waals surface area contributed by atoms with E-state index < -0.39 is 0 Å². The Kier molecular flexibility index (Phi) is 9.27. The van der Waals surface area contributed by atoms with Crippen LogP contribution in [0, 0.1) is 0 Å². The summed E-state index contributed by atoms with van der Waals surface area (Å²) in [5, 5.41) is 0. The average molecular weight is 341 g/mol. The predicted octanol–water partition coefficient (Wildman–Crippen LogP) is 4.05. The topological polar surface area (TPSA) is 15.7 Å². The second-order valence-corrected chi connectivity index (χ2v) is 6.32. The Balaban J connectivity index is 1.62. The molecule has 0 atom stereocenters. The Bertz CT molecular complexity index is 507. The third-order valence-corrected chi connectivity index (χ3v) is 4.50. The molecule has 0 amide bonds. The van der Waals surface area contributed by atoms with Crippen molar-refractivity contribution >= 4 is 0 Å². The smallest absolute Gasteiger partial charge is 0.0594 e. The summed E-state index contributed by atoms with van der Waals surface area (Å²) in [5.41, 5.74) is 2.73. The Labute approximate surface area is 153 Å². The second kappa shape index (κ2) is 11.8. The number of hydrogen-bond donors (Lipinski definition) is 0.